The molecule has 0 bridgehead atoms. The lowest BCUT2D eigenvalue weighted by molar-refractivity contribution is -0.162. The zero-order valence-electron chi connectivity index (χ0n) is 31.9. The van der Waals surface area contributed by atoms with E-state index in [4.69, 9.17) is 20.0 Å². The smallest absolute Gasteiger partial charge is 0.377 e. The molecule has 50 heavy (non-hydrogen) atoms. The van der Waals surface area contributed by atoms with Gasteiger partial charge in [0.2, 0.25) is 5.84 Å². The molecular formula is C38H66N2O10. The number of carboxylic acid groups (broad SMARTS) is 1. The maximum Gasteiger partial charge on any atom is 0.377 e. The lowest BCUT2D eigenvalue weighted by atomic mass is 9.84. The Morgan fingerprint density at radius 1 is 0.720 bits per heavy atom. The molecule has 0 aromatic rings. The fourth-order valence-electron chi connectivity index (χ4n) is 6.45. The Morgan fingerprint density at radius 3 is 1.54 bits per heavy atom. The van der Waals surface area contributed by atoms with Gasteiger partial charge in [-0.15, -0.1) is 0 Å². The number of hydrogen-bond acceptors (Lipinski definition) is 10. The number of nitrogens with two attached hydrogens (primary N) is 1. The normalized spacial score (nSPS) is 17.4. The van der Waals surface area contributed by atoms with Crippen LogP contribution in [0.4, 0.5) is 0 Å². The molecule has 2 saturated carbocycles. The Bertz CT molecular complexity index is 1080. The highest BCUT2D eigenvalue weighted by atomic mass is 16.7. The van der Waals surface area contributed by atoms with Gasteiger partial charge in [0, 0.05) is 0 Å². The van der Waals surface area contributed by atoms with Crippen LogP contribution >= 0.6 is 0 Å². The van der Waals surface area contributed by atoms with Crippen LogP contribution in [0.25, 0.3) is 0 Å². The van der Waals surface area contributed by atoms with Gasteiger partial charge in [0.15, 0.2) is 0 Å². The molecule has 2 rings (SSSR count). The van der Waals surface area contributed by atoms with Gasteiger partial charge in [-0.3, -0.25) is 14.4 Å². The number of carboxylic acids is 1. The van der Waals surface area contributed by atoms with Crippen molar-refractivity contribution >= 4 is 35.7 Å². The molecule has 12 nitrogen and oxygen atoms in total. The summed E-state index contributed by atoms with van der Waals surface area (Å²) in [5.74, 6) is -3.74. The predicted molar refractivity (Wildman–Crippen MR) is 191 cm³/mol. The molecule has 0 amide bonds. The highest BCUT2D eigenvalue weighted by molar-refractivity contribution is 6.34. The average molecular weight is 711 g/mol. The first-order valence-electron chi connectivity index (χ1n) is 18.8. The van der Waals surface area contributed by atoms with E-state index in [1.54, 1.807) is 48.5 Å². The van der Waals surface area contributed by atoms with Crippen LogP contribution in [0.15, 0.2) is 5.16 Å². The molecule has 0 radical (unpaired) electrons. The maximum absolute atomic E-state index is 12.5. The summed E-state index contributed by atoms with van der Waals surface area (Å²) in [7, 11) is 0. The lowest BCUT2D eigenvalue weighted by Crippen LogP contribution is -2.29. The number of ether oxygens (including phenoxy) is 3. The number of nitrogens with zero attached hydrogens (tertiary/aromatic N) is 1. The Balaban J connectivity index is 0.000000526. The largest absolute Gasteiger partial charge is 0.481 e. The van der Waals surface area contributed by atoms with E-state index >= 15 is 0 Å². The van der Waals surface area contributed by atoms with Crippen LogP contribution in [0.2, 0.25) is 0 Å². The first-order valence-corrected chi connectivity index (χ1v) is 18.8. The number of oxime groups is 1. The van der Waals surface area contributed by atoms with E-state index in [0.717, 1.165) is 31.6 Å². The van der Waals surface area contributed by atoms with E-state index in [0.29, 0.717) is 18.8 Å². The maximum atomic E-state index is 12.5. The molecule has 0 aromatic heterocycles. The summed E-state index contributed by atoms with van der Waals surface area (Å²) < 4.78 is 15.2. The highest BCUT2D eigenvalue weighted by Crippen LogP contribution is 2.30. The van der Waals surface area contributed by atoms with Crippen LogP contribution in [0.3, 0.4) is 0 Å². The quantitative estimate of drug-likeness (QED) is 0.0401. The second kappa shape index (κ2) is 23.3. The van der Waals surface area contributed by atoms with Crippen molar-refractivity contribution in [3.05, 3.63) is 0 Å². The van der Waals surface area contributed by atoms with Crippen LogP contribution in [0.1, 0.15) is 164 Å². The SMILES string of the molecule is CC(C)(C)OC(=O)C[C@@H](CCCC1CCCCC1)C(=O)O.CCOC(=O)/C(N)=N/OC(=O)[C@H](CCCC1CCCCC1)CC(=O)OC(C)(C)C. The standard InChI is InChI=1S/C21H36N2O6.C17H30O4/c1-5-27-20(26)18(22)23-29-19(25)16(14-17(24)28-21(2,3)4)13-9-12-15-10-7-6-8-11-15;1-17(2,3)21-15(18)12-14(16(19)20)11-7-10-13-8-5-4-6-9-13/h15-16H,5-14H2,1-4H3,(H2,22,23);13-14H,4-12H2,1-3H3,(H,19,20)/t16-;14-/m11/s1. The predicted octanol–water partition coefficient (Wildman–Crippen LogP) is 7.63. The minimum absolute atomic E-state index is 0.0166. The van der Waals surface area contributed by atoms with Crippen molar-refractivity contribution in [2.45, 2.75) is 175 Å². The molecule has 288 valence electrons. The number of carbonyl (C=O) groups is 5. The number of carbonyl (C=O) groups excluding carboxylic acids is 4. The number of hydrogen-bond donors (Lipinski definition) is 2. The number of rotatable bonds is 16. The molecule has 0 saturated heterocycles. The summed E-state index contributed by atoms with van der Waals surface area (Å²) >= 11 is 0. The van der Waals surface area contributed by atoms with E-state index in [-0.39, 0.29) is 19.4 Å². The van der Waals surface area contributed by atoms with Crippen LogP contribution in [-0.4, -0.2) is 58.6 Å². The van der Waals surface area contributed by atoms with Crippen LogP contribution in [0.5, 0.6) is 0 Å². The Hall–Kier alpha value is -3.18. The van der Waals surface area contributed by atoms with E-state index in [1.807, 2.05) is 0 Å². The topological polar surface area (TPSA) is 181 Å². The van der Waals surface area contributed by atoms with Gasteiger partial charge in [0.1, 0.15) is 11.2 Å². The third-order valence-electron chi connectivity index (χ3n) is 8.85. The van der Waals surface area contributed by atoms with Crippen molar-refractivity contribution in [2.75, 3.05) is 6.61 Å². The van der Waals surface area contributed by atoms with E-state index < -0.39 is 58.7 Å². The fraction of sp³-hybridized carbons (Fsp3) is 0.842. The zero-order chi connectivity index (χ0) is 37.7. The second-order valence-electron chi connectivity index (χ2n) is 15.8. The summed E-state index contributed by atoms with van der Waals surface area (Å²) in [6.07, 6.45) is 17.6. The van der Waals surface area contributed by atoms with Crippen LogP contribution < -0.4 is 5.73 Å². The van der Waals surface area contributed by atoms with Gasteiger partial charge >= 0.3 is 29.8 Å². The third kappa shape index (κ3) is 21.8. The van der Waals surface area contributed by atoms with E-state index in [9.17, 15) is 29.1 Å². The van der Waals surface area contributed by atoms with Gasteiger partial charge in [0.25, 0.3) is 0 Å². The Morgan fingerprint density at radius 2 is 1.14 bits per heavy atom. The molecule has 3 N–H and O–H groups in total. The molecule has 12 heteroatoms. The van der Waals surface area contributed by atoms with Crippen molar-refractivity contribution in [3.8, 4) is 0 Å². The summed E-state index contributed by atoms with van der Waals surface area (Å²) in [6, 6.07) is 0. The van der Waals surface area contributed by atoms with Gasteiger partial charge in [-0.05, 0) is 73.1 Å². The van der Waals surface area contributed by atoms with Crippen LogP contribution in [-0.2, 0) is 43.0 Å². The summed E-state index contributed by atoms with van der Waals surface area (Å²) in [5, 5.41) is 12.6. The molecule has 2 aliphatic rings. The molecule has 0 aromatic carbocycles. The molecule has 2 aliphatic carbocycles. The van der Waals surface area contributed by atoms with Gasteiger partial charge in [-0.25, -0.2) is 9.59 Å². The molecule has 0 unspecified atom stereocenters. The fourth-order valence-corrected chi connectivity index (χ4v) is 6.45. The average Bonchev–Trinajstić information content (AvgIpc) is 3.02. The van der Waals surface area contributed by atoms with Gasteiger partial charge in [-0.2, -0.15) is 0 Å². The molecule has 0 spiro atoms. The van der Waals surface area contributed by atoms with Crippen LogP contribution in [0, 0.1) is 23.7 Å². The number of aliphatic carboxylic acids is 1. The minimum atomic E-state index is -0.885. The van der Waals surface area contributed by atoms with Gasteiger partial charge in [-0.1, -0.05) is 95.0 Å². The van der Waals surface area contributed by atoms with E-state index in [2.05, 4.69) is 9.89 Å². The summed E-state index contributed by atoms with van der Waals surface area (Å²) in [6.45, 7) is 12.5. The lowest BCUT2D eigenvalue weighted by Gasteiger charge is -2.23. The van der Waals surface area contributed by atoms with Crippen molar-refractivity contribution in [2.24, 2.45) is 34.6 Å². The molecule has 2 fully saturated rings. The Labute approximate surface area is 299 Å². The van der Waals surface area contributed by atoms with Crippen molar-refractivity contribution in [1.29, 1.82) is 0 Å². The van der Waals surface area contributed by atoms with Gasteiger partial charge < -0.3 is 29.9 Å². The molecule has 0 aliphatic heterocycles. The highest BCUT2D eigenvalue weighted by Gasteiger charge is 2.28. The monoisotopic (exact) mass is 710 g/mol. The van der Waals surface area contributed by atoms with Crippen molar-refractivity contribution < 1.29 is 48.1 Å². The summed E-state index contributed by atoms with van der Waals surface area (Å²) in [4.78, 5) is 64.0. The van der Waals surface area contributed by atoms with Crippen molar-refractivity contribution in [3.63, 3.8) is 0 Å². The molecule has 2 atom stereocenters. The van der Waals surface area contributed by atoms with Gasteiger partial charge in [0.05, 0.1) is 31.3 Å². The molecular weight excluding hydrogens is 644 g/mol. The minimum Gasteiger partial charge on any atom is -0.481 e. The third-order valence-corrected chi connectivity index (χ3v) is 8.85. The second-order valence-corrected chi connectivity index (χ2v) is 15.8. The summed E-state index contributed by atoms with van der Waals surface area (Å²) in [5.41, 5.74) is 4.25. The molecule has 0 heterocycles. The zero-order valence-corrected chi connectivity index (χ0v) is 31.9. The first kappa shape index (κ1) is 44.8. The van der Waals surface area contributed by atoms with Crippen molar-refractivity contribution in [1.82, 2.24) is 0 Å². The number of esters is 3. The van der Waals surface area contributed by atoms with E-state index in [1.165, 1.54) is 64.2 Å². The number of amidine groups is 1. The Kier molecular flexibility index (Phi) is 20.9. The first-order chi connectivity index (χ1) is 23.4.